The van der Waals surface area contributed by atoms with Crippen molar-refractivity contribution in [1.82, 2.24) is 4.31 Å². The van der Waals surface area contributed by atoms with E-state index in [1.165, 1.54) is 19.2 Å². The lowest BCUT2D eigenvalue weighted by Gasteiger charge is -2.35. The van der Waals surface area contributed by atoms with Crippen LogP contribution in [0.25, 0.3) is 0 Å². The maximum atomic E-state index is 13.3. The summed E-state index contributed by atoms with van der Waals surface area (Å²) in [6.45, 7) is 4.94. The zero-order chi connectivity index (χ0) is 15.7. The highest BCUT2D eigenvalue weighted by atomic mass is 79.9. The Morgan fingerprint density at radius 1 is 1.15 bits per heavy atom. The Labute approximate surface area is 128 Å². The van der Waals surface area contributed by atoms with Gasteiger partial charge in [-0.15, -0.1) is 4.31 Å². The first-order chi connectivity index (χ1) is 8.94. The molecule has 0 aliphatic rings. The van der Waals surface area contributed by atoms with Gasteiger partial charge in [0.1, 0.15) is 4.75 Å². The summed E-state index contributed by atoms with van der Waals surface area (Å²) in [6.07, 6.45) is -4.50. The van der Waals surface area contributed by atoms with Gasteiger partial charge in [-0.1, -0.05) is 28.1 Å². The summed E-state index contributed by atoms with van der Waals surface area (Å²) in [4.78, 5) is 0. The molecule has 2 nitrogen and oxygen atoms in total. The topological polar surface area (TPSA) is 26.3 Å². The first kappa shape index (κ1) is 17.8. The number of hydrogen-bond donors (Lipinski definition) is 0. The predicted molar refractivity (Wildman–Crippen MR) is 78.6 cm³/mol. The number of hydrogen-bond acceptors (Lipinski definition) is 2. The highest BCUT2D eigenvalue weighted by Crippen LogP contribution is 2.40. The maximum absolute atomic E-state index is 13.3. The van der Waals surface area contributed by atoms with E-state index in [2.05, 4.69) is 15.9 Å². The SMILES string of the molecule is CN([C@@H](c1ccc(Br)cc1)C(F)(F)F)[S@+]([O-])C(C)(C)C. The molecule has 0 spiro atoms. The molecule has 0 N–H and O–H groups in total. The fraction of sp³-hybridized carbons (Fsp3) is 0.538. The van der Waals surface area contributed by atoms with Crippen molar-refractivity contribution in [2.24, 2.45) is 0 Å². The lowest BCUT2D eigenvalue weighted by atomic mass is 10.1. The fourth-order valence-electron chi connectivity index (χ4n) is 1.78. The van der Waals surface area contributed by atoms with E-state index in [0.717, 1.165) is 4.31 Å². The van der Waals surface area contributed by atoms with E-state index in [0.29, 0.717) is 4.47 Å². The number of halogens is 4. The molecule has 1 aromatic rings. The van der Waals surface area contributed by atoms with E-state index < -0.39 is 28.3 Å². The molecule has 114 valence electrons. The van der Waals surface area contributed by atoms with Gasteiger partial charge in [-0.05, 0) is 38.5 Å². The Kier molecular flexibility index (Phi) is 5.57. The summed E-state index contributed by atoms with van der Waals surface area (Å²) in [5.74, 6) is 0. The zero-order valence-corrected chi connectivity index (χ0v) is 14.1. The van der Waals surface area contributed by atoms with Crippen molar-refractivity contribution in [3.8, 4) is 0 Å². The van der Waals surface area contributed by atoms with Crippen LogP contribution in [-0.4, -0.2) is 26.8 Å². The summed E-state index contributed by atoms with van der Waals surface area (Å²) < 4.78 is 53.0. The van der Waals surface area contributed by atoms with Crippen LogP contribution in [0.4, 0.5) is 13.2 Å². The van der Waals surface area contributed by atoms with Crippen LogP contribution in [0.3, 0.4) is 0 Å². The van der Waals surface area contributed by atoms with Crippen molar-refractivity contribution in [1.29, 1.82) is 0 Å². The molecule has 20 heavy (non-hydrogen) atoms. The molecule has 2 atom stereocenters. The minimum Gasteiger partial charge on any atom is -0.597 e. The molecule has 0 bridgehead atoms. The van der Waals surface area contributed by atoms with Crippen molar-refractivity contribution in [3.05, 3.63) is 34.3 Å². The number of alkyl halides is 3. The van der Waals surface area contributed by atoms with Gasteiger partial charge in [0.25, 0.3) is 0 Å². The van der Waals surface area contributed by atoms with Crippen molar-refractivity contribution in [3.63, 3.8) is 0 Å². The second kappa shape index (κ2) is 6.25. The average Bonchev–Trinajstić information content (AvgIpc) is 2.28. The van der Waals surface area contributed by atoms with Gasteiger partial charge in [-0.2, -0.15) is 13.2 Å². The van der Waals surface area contributed by atoms with E-state index in [1.54, 1.807) is 32.9 Å². The molecule has 0 fully saturated rings. The molecule has 0 aliphatic heterocycles. The summed E-state index contributed by atoms with van der Waals surface area (Å²) >= 11 is 1.43. The van der Waals surface area contributed by atoms with E-state index in [4.69, 9.17) is 0 Å². The van der Waals surface area contributed by atoms with E-state index in [9.17, 15) is 17.7 Å². The molecule has 0 amide bonds. The Balaban J connectivity index is 3.17. The molecule has 1 aromatic carbocycles. The normalized spacial score (nSPS) is 16.3. The second-order valence-corrected chi connectivity index (χ2v) is 8.62. The third kappa shape index (κ3) is 4.38. The molecular formula is C13H17BrF3NOS. The summed E-state index contributed by atoms with van der Waals surface area (Å²) in [5.41, 5.74) is 0.0702. The van der Waals surface area contributed by atoms with Crippen LogP contribution >= 0.6 is 15.9 Å². The van der Waals surface area contributed by atoms with Gasteiger partial charge in [0.15, 0.2) is 6.04 Å². The van der Waals surface area contributed by atoms with Crippen LogP contribution in [0.1, 0.15) is 32.4 Å². The van der Waals surface area contributed by atoms with Crippen LogP contribution in [0.15, 0.2) is 28.7 Å². The van der Waals surface area contributed by atoms with Gasteiger partial charge in [0, 0.05) is 22.9 Å². The summed E-state index contributed by atoms with van der Waals surface area (Å²) in [6, 6.07) is 3.97. The third-order valence-corrected chi connectivity index (χ3v) is 4.96. The lowest BCUT2D eigenvalue weighted by Crippen LogP contribution is -2.46. The Hall–Kier alpha value is -0.240. The highest BCUT2D eigenvalue weighted by molar-refractivity contribution is 9.10. The molecule has 7 heteroatoms. The Morgan fingerprint density at radius 2 is 1.60 bits per heavy atom. The minimum absolute atomic E-state index is 0.0702. The number of benzene rings is 1. The second-order valence-electron chi connectivity index (χ2n) is 5.40. The molecular weight excluding hydrogens is 355 g/mol. The largest absolute Gasteiger partial charge is 0.597 e. The predicted octanol–water partition coefficient (Wildman–Crippen LogP) is 4.45. The van der Waals surface area contributed by atoms with Crippen LogP contribution in [0.5, 0.6) is 0 Å². The molecule has 0 aromatic heterocycles. The van der Waals surface area contributed by atoms with Gasteiger partial charge in [0.05, 0.1) is 0 Å². The van der Waals surface area contributed by atoms with Gasteiger partial charge >= 0.3 is 6.18 Å². The molecule has 0 unspecified atom stereocenters. The standard InChI is InChI=1S/C13H17BrF3NOS/c1-12(2,3)20(19)18(4)11(13(15,16)17)9-5-7-10(14)8-6-9/h5-8,11H,1-4H3/t11-,20+/m0/s1. The van der Waals surface area contributed by atoms with Crippen LogP contribution in [-0.2, 0) is 11.4 Å². The van der Waals surface area contributed by atoms with Crippen LogP contribution in [0.2, 0.25) is 0 Å². The molecule has 0 aliphatic carbocycles. The van der Waals surface area contributed by atoms with E-state index in [-0.39, 0.29) is 5.56 Å². The number of nitrogens with zero attached hydrogens (tertiary/aromatic N) is 1. The smallest absolute Gasteiger partial charge is 0.412 e. The first-order valence-corrected chi connectivity index (χ1v) is 7.81. The summed E-state index contributed by atoms with van der Waals surface area (Å²) in [7, 11) is 1.24. The zero-order valence-electron chi connectivity index (χ0n) is 11.7. The summed E-state index contributed by atoms with van der Waals surface area (Å²) in [5, 5.41) is 0. The molecule has 0 saturated heterocycles. The van der Waals surface area contributed by atoms with Gasteiger partial charge < -0.3 is 4.55 Å². The first-order valence-electron chi connectivity index (χ1n) is 5.91. The van der Waals surface area contributed by atoms with Gasteiger partial charge in [-0.3, -0.25) is 0 Å². The number of rotatable bonds is 3. The molecule has 0 saturated carbocycles. The van der Waals surface area contributed by atoms with Crippen LogP contribution < -0.4 is 0 Å². The van der Waals surface area contributed by atoms with Crippen molar-refractivity contribution < 1.29 is 17.7 Å². The quantitative estimate of drug-likeness (QED) is 0.733. The van der Waals surface area contributed by atoms with Crippen molar-refractivity contribution in [2.45, 2.75) is 37.7 Å². The van der Waals surface area contributed by atoms with Crippen molar-refractivity contribution >= 4 is 27.3 Å². The van der Waals surface area contributed by atoms with E-state index in [1.807, 2.05) is 0 Å². The van der Waals surface area contributed by atoms with E-state index >= 15 is 0 Å². The average molecular weight is 372 g/mol. The highest BCUT2D eigenvalue weighted by Gasteiger charge is 2.49. The molecule has 1 rings (SSSR count). The van der Waals surface area contributed by atoms with Crippen molar-refractivity contribution in [2.75, 3.05) is 7.05 Å². The third-order valence-electron chi connectivity index (χ3n) is 2.64. The van der Waals surface area contributed by atoms with Crippen LogP contribution in [0, 0.1) is 0 Å². The maximum Gasteiger partial charge on any atom is 0.412 e. The minimum atomic E-state index is -4.50. The molecule has 0 radical (unpaired) electrons. The van der Waals surface area contributed by atoms with Gasteiger partial charge in [0.2, 0.25) is 0 Å². The Bertz CT molecular complexity index is 444. The molecule has 0 heterocycles. The fourth-order valence-corrected chi connectivity index (χ4v) is 3.34. The lowest BCUT2D eigenvalue weighted by molar-refractivity contribution is -0.171. The Morgan fingerprint density at radius 3 is 1.95 bits per heavy atom. The van der Waals surface area contributed by atoms with Gasteiger partial charge in [-0.25, -0.2) is 0 Å². The monoisotopic (exact) mass is 371 g/mol.